The molecule has 0 aromatic heterocycles. The number of carbonyl (C=O) groups excluding carboxylic acids is 1. The number of methoxy groups -OCH3 is 1. The number of hydrogen-bond donors (Lipinski definition) is 0. The molecule has 4 rings (SSSR count). The second kappa shape index (κ2) is 6.96. The number of amides is 2. The lowest BCUT2D eigenvalue weighted by atomic mass is 9.53. The van der Waals surface area contributed by atoms with Crippen molar-refractivity contribution >= 4 is 6.03 Å². The summed E-state index contributed by atoms with van der Waals surface area (Å²) in [4.78, 5) is 17.9. The number of fused-ring (bicyclic) bond motifs is 4. The van der Waals surface area contributed by atoms with Crippen LogP contribution in [-0.2, 0) is 11.8 Å². The third-order valence-electron chi connectivity index (χ3n) is 8.21. The van der Waals surface area contributed by atoms with E-state index in [0.29, 0.717) is 0 Å². The van der Waals surface area contributed by atoms with E-state index in [9.17, 15) is 4.79 Å². The predicted molar refractivity (Wildman–Crippen MR) is 113 cm³/mol. The van der Waals surface area contributed by atoms with Crippen LogP contribution in [0.2, 0.25) is 0 Å². The monoisotopic (exact) mass is 384 g/mol. The van der Waals surface area contributed by atoms with Gasteiger partial charge < -0.3 is 14.5 Å². The van der Waals surface area contributed by atoms with Crippen LogP contribution in [0.4, 0.5) is 4.79 Å². The third-order valence-corrected chi connectivity index (χ3v) is 8.21. The molecule has 154 valence electrons. The molecular weight excluding hydrogens is 348 g/mol. The molecule has 0 radical (unpaired) electrons. The average Bonchev–Trinajstić information content (AvgIpc) is 2.74. The van der Waals surface area contributed by atoms with Gasteiger partial charge in [-0.25, -0.2) is 4.79 Å². The van der Waals surface area contributed by atoms with Crippen molar-refractivity contribution in [1.29, 1.82) is 0 Å². The summed E-state index contributed by atoms with van der Waals surface area (Å²) >= 11 is 0. The standard InChI is InChI=1S/C24H36N2O2/c1-17-14-18-15-21-23(2,3)24(4,19(18)16-20(17)28-5)10-9-13-26(21)22(27)25-11-7-6-8-12-25/h14,16,21H,6-13,15H2,1-5H3/t21-,24+/m1/s1. The van der Waals surface area contributed by atoms with Gasteiger partial charge in [0.15, 0.2) is 0 Å². The van der Waals surface area contributed by atoms with Crippen molar-refractivity contribution in [2.24, 2.45) is 5.41 Å². The van der Waals surface area contributed by atoms with Crippen LogP contribution >= 0.6 is 0 Å². The van der Waals surface area contributed by atoms with E-state index in [4.69, 9.17) is 4.74 Å². The van der Waals surface area contributed by atoms with E-state index in [0.717, 1.165) is 57.5 Å². The zero-order valence-electron chi connectivity index (χ0n) is 18.3. The Morgan fingerprint density at radius 1 is 1.07 bits per heavy atom. The maximum atomic E-state index is 13.5. The fourth-order valence-corrected chi connectivity index (χ4v) is 6.04. The van der Waals surface area contributed by atoms with Crippen LogP contribution in [-0.4, -0.2) is 48.6 Å². The largest absolute Gasteiger partial charge is 0.496 e. The van der Waals surface area contributed by atoms with Gasteiger partial charge in [0.1, 0.15) is 5.75 Å². The molecule has 4 nitrogen and oxygen atoms in total. The number of aryl methyl sites for hydroxylation is 1. The van der Waals surface area contributed by atoms with Crippen molar-refractivity contribution in [3.05, 3.63) is 28.8 Å². The Balaban J connectivity index is 1.76. The van der Waals surface area contributed by atoms with Gasteiger partial charge in [-0.05, 0) is 73.6 Å². The van der Waals surface area contributed by atoms with E-state index in [1.807, 2.05) is 0 Å². The molecule has 2 saturated heterocycles. The van der Waals surface area contributed by atoms with Gasteiger partial charge in [0, 0.05) is 31.1 Å². The summed E-state index contributed by atoms with van der Waals surface area (Å²) in [6.45, 7) is 12.0. The van der Waals surface area contributed by atoms with Crippen LogP contribution in [0.1, 0.15) is 69.6 Å². The number of ether oxygens (including phenoxy) is 1. The molecule has 0 N–H and O–H groups in total. The molecule has 0 saturated carbocycles. The first kappa shape index (κ1) is 19.6. The smallest absolute Gasteiger partial charge is 0.320 e. The molecule has 2 atom stereocenters. The minimum Gasteiger partial charge on any atom is -0.496 e. The van der Waals surface area contributed by atoms with Gasteiger partial charge >= 0.3 is 6.03 Å². The Morgan fingerprint density at radius 3 is 2.46 bits per heavy atom. The summed E-state index contributed by atoms with van der Waals surface area (Å²) < 4.78 is 5.66. The van der Waals surface area contributed by atoms with Crippen LogP contribution in [0.5, 0.6) is 5.75 Å². The van der Waals surface area contributed by atoms with Gasteiger partial charge in [0.05, 0.1) is 7.11 Å². The normalized spacial score (nSPS) is 29.1. The van der Waals surface area contributed by atoms with E-state index in [1.54, 1.807) is 7.11 Å². The molecule has 3 aliphatic rings. The molecule has 0 spiro atoms. The molecule has 2 amide bonds. The van der Waals surface area contributed by atoms with Crippen LogP contribution in [0.3, 0.4) is 0 Å². The summed E-state index contributed by atoms with van der Waals surface area (Å²) in [7, 11) is 1.76. The van der Waals surface area contributed by atoms with Crippen molar-refractivity contribution < 1.29 is 9.53 Å². The first-order valence-electron chi connectivity index (χ1n) is 11.0. The van der Waals surface area contributed by atoms with E-state index in [2.05, 4.69) is 49.6 Å². The Kier molecular flexibility index (Phi) is 4.87. The predicted octanol–water partition coefficient (Wildman–Crippen LogP) is 4.91. The van der Waals surface area contributed by atoms with Crippen molar-refractivity contribution in [3.63, 3.8) is 0 Å². The molecule has 1 aromatic rings. The maximum Gasteiger partial charge on any atom is 0.320 e. The quantitative estimate of drug-likeness (QED) is 0.689. The van der Waals surface area contributed by atoms with Gasteiger partial charge in [-0.3, -0.25) is 0 Å². The van der Waals surface area contributed by atoms with Gasteiger partial charge in [0.25, 0.3) is 0 Å². The average molecular weight is 385 g/mol. The lowest BCUT2D eigenvalue weighted by molar-refractivity contribution is 0.0412. The zero-order valence-corrected chi connectivity index (χ0v) is 18.3. The van der Waals surface area contributed by atoms with E-state index >= 15 is 0 Å². The topological polar surface area (TPSA) is 32.8 Å². The summed E-state index contributed by atoms with van der Waals surface area (Å²) in [6, 6.07) is 5.11. The number of benzene rings is 1. The maximum absolute atomic E-state index is 13.5. The fourth-order valence-electron chi connectivity index (χ4n) is 6.04. The number of urea groups is 1. The molecule has 2 bridgehead atoms. The van der Waals surface area contributed by atoms with Gasteiger partial charge in [-0.2, -0.15) is 0 Å². The minimum atomic E-state index is 0.0161. The molecule has 4 heteroatoms. The van der Waals surface area contributed by atoms with Crippen molar-refractivity contribution in [2.75, 3.05) is 26.7 Å². The number of nitrogens with zero attached hydrogens (tertiary/aromatic N) is 2. The lowest BCUT2D eigenvalue weighted by Crippen LogP contribution is -2.60. The number of rotatable bonds is 1. The van der Waals surface area contributed by atoms with Crippen LogP contribution in [0, 0.1) is 12.3 Å². The second-order valence-electron chi connectivity index (χ2n) is 9.88. The molecule has 1 aromatic carbocycles. The molecule has 2 fully saturated rings. The molecule has 2 aliphatic heterocycles. The molecule has 2 heterocycles. The fraction of sp³-hybridized carbons (Fsp3) is 0.708. The first-order valence-corrected chi connectivity index (χ1v) is 11.0. The van der Waals surface area contributed by atoms with E-state index in [-0.39, 0.29) is 22.9 Å². The Hall–Kier alpha value is -1.71. The Labute approximate surface area is 170 Å². The van der Waals surface area contributed by atoms with Crippen LogP contribution < -0.4 is 4.74 Å². The molecule has 28 heavy (non-hydrogen) atoms. The highest BCUT2D eigenvalue weighted by Crippen LogP contribution is 2.56. The number of piperidine rings is 1. The Morgan fingerprint density at radius 2 is 1.79 bits per heavy atom. The third kappa shape index (κ3) is 2.83. The van der Waals surface area contributed by atoms with Crippen LogP contribution in [0.15, 0.2) is 12.1 Å². The SMILES string of the molecule is COc1cc2c(cc1C)C[C@H]1N(C(=O)N3CCCCC3)CCC[C@]2(C)C1(C)C. The van der Waals surface area contributed by atoms with Crippen molar-refractivity contribution in [1.82, 2.24) is 9.80 Å². The van der Waals surface area contributed by atoms with Gasteiger partial charge in [-0.1, -0.05) is 26.8 Å². The summed E-state index contributed by atoms with van der Waals surface area (Å²) in [5, 5.41) is 0. The number of likely N-dealkylation sites (tertiary alicyclic amines) is 2. The van der Waals surface area contributed by atoms with Gasteiger partial charge in [-0.15, -0.1) is 0 Å². The summed E-state index contributed by atoms with van der Waals surface area (Å²) in [5.41, 5.74) is 4.09. The summed E-state index contributed by atoms with van der Waals surface area (Å²) in [5.74, 6) is 0.986. The number of hydrogen-bond acceptors (Lipinski definition) is 2. The lowest BCUT2D eigenvalue weighted by Gasteiger charge is -2.55. The van der Waals surface area contributed by atoms with Crippen molar-refractivity contribution in [2.45, 2.75) is 77.7 Å². The van der Waals surface area contributed by atoms with E-state index in [1.165, 1.54) is 23.1 Å². The van der Waals surface area contributed by atoms with Crippen molar-refractivity contribution in [3.8, 4) is 5.75 Å². The minimum absolute atomic E-state index is 0.0161. The zero-order chi connectivity index (χ0) is 20.1. The highest BCUT2D eigenvalue weighted by Gasteiger charge is 2.55. The Bertz CT molecular complexity index is 766. The highest BCUT2D eigenvalue weighted by atomic mass is 16.5. The second-order valence-corrected chi connectivity index (χ2v) is 9.88. The molecule has 1 aliphatic carbocycles. The van der Waals surface area contributed by atoms with Gasteiger partial charge in [0.2, 0.25) is 0 Å². The first-order chi connectivity index (χ1) is 13.3. The van der Waals surface area contributed by atoms with Crippen LogP contribution in [0.25, 0.3) is 0 Å². The highest BCUT2D eigenvalue weighted by molar-refractivity contribution is 5.75. The number of carbonyl (C=O) groups is 1. The molecular formula is C24H36N2O2. The van der Waals surface area contributed by atoms with E-state index < -0.39 is 0 Å². The summed E-state index contributed by atoms with van der Waals surface area (Å²) in [6.07, 6.45) is 6.67. The molecule has 0 unspecified atom stereocenters.